The van der Waals surface area contributed by atoms with E-state index in [2.05, 4.69) is 0 Å². The first-order chi connectivity index (χ1) is 10.4. The number of nitrogens with zero attached hydrogens (tertiary/aromatic N) is 2. The highest BCUT2D eigenvalue weighted by Gasteiger charge is 2.29. The number of carbonyl (C=O) groups is 1. The third-order valence-electron chi connectivity index (χ3n) is 3.79. The third-order valence-corrected chi connectivity index (χ3v) is 5.09. The number of sulfonamides is 1. The first-order valence-corrected chi connectivity index (χ1v) is 9.11. The lowest BCUT2D eigenvalue weighted by molar-refractivity contribution is -0.135. The summed E-state index contributed by atoms with van der Waals surface area (Å²) in [6, 6.07) is 8.93. The topological polar surface area (TPSA) is 66.9 Å². The molecule has 1 aromatic rings. The molecule has 1 aliphatic rings. The lowest BCUT2D eigenvalue weighted by atomic mass is 10.1. The van der Waals surface area contributed by atoms with Gasteiger partial charge in [-0.3, -0.25) is 4.79 Å². The van der Waals surface area contributed by atoms with Crippen LogP contribution in [0.1, 0.15) is 18.5 Å². The van der Waals surface area contributed by atoms with Crippen molar-refractivity contribution in [3.63, 3.8) is 0 Å². The molecule has 1 saturated heterocycles. The van der Waals surface area contributed by atoms with Crippen molar-refractivity contribution in [1.82, 2.24) is 9.21 Å². The Morgan fingerprint density at radius 1 is 1.27 bits per heavy atom. The molecule has 0 saturated carbocycles. The van der Waals surface area contributed by atoms with Gasteiger partial charge in [-0.1, -0.05) is 30.3 Å². The zero-order valence-corrected chi connectivity index (χ0v) is 13.8. The molecule has 0 N–H and O–H groups in total. The summed E-state index contributed by atoms with van der Waals surface area (Å²) in [5.41, 5.74) is 0.864. The highest BCUT2D eigenvalue weighted by molar-refractivity contribution is 7.88. The highest BCUT2D eigenvalue weighted by Crippen LogP contribution is 2.22. The molecule has 1 amide bonds. The Balaban J connectivity index is 2.15. The SMILES string of the molecule is CC(c1ccccc1)N(CC(=O)N1CCOCC1)S(C)(=O)=O. The van der Waals surface area contributed by atoms with Crippen molar-refractivity contribution in [2.45, 2.75) is 13.0 Å². The van der Waals surface area contributed by atoms with Crippen LogP contribution in [0, 0.1) is 0 Å². The number of hydrogen-bond acceptors (Lipinski definition) is 4. The molecule has 122 valence electrons. The number of carbonyl (C=O) groups excluding carboxylic acids is 1. The molecule has 0 bridgehead atoms. The van der Waals surface area contributed by atoms with Gasteiger partial charge in [-0.25, -0.2) is 8.42 Å². The number of ether oxygens (including phenoxy) is 1. The molecule has 1 aromatic carbocycles. The second-order valence-corrected chi connectivity index (χ2v) is 7.32. The molecular formula is C15H22N2O4S. The normalized spacial score (nSPS) is 17.5. The van der Waals surface area contributed by atoms with Crippen LogP contribution >= 0.6 is 0 Å². The summed E-state index contributed by atoms with van der Waals surface area (Å²) in [4.78, 5) is 14.0. The lowest BCUT2D eigenvalue weighted by Gasteiger charge is -2.31. The van der Waals surface area contributed by atoms with E-state index in [4.69, 9.17) is 4.74 Å². The van der Waals surface area contributed by atoms with Crippen LogP contribution in [0.2, 0.25) is 0 Å². The van der Waals surface area contributed by atoms with Crippen LogP contribution in [0.15, 0.2) is 30.3 Å². The van der Waals surface area contributed by atoms with E-state index in [1.807, 2.05) is 30.3 Å². The van der Waals surface area contributed by atoms with E-state index >= 15 is 0 Å². The minimum atomic E-state index is -3.49. The van der Waals surface area contributed by atoms with Crippen LogP contribution < -0.4 is 0 Å². The van der Waals surface area contributed by atoms with Crippen LogP contribution in [0.4, 0.5) is 0 Å². The van der Waals surface area contributed by atoms with Gasteiger partial charge < -0.3 is 9.64 Å². The van der Waals surface area contributed by atoms with Crippen LogP contribution in [0.25, 0.3) is 0 Å². The van der Waals surface area contributed by atoms with Gasteiger partial charge in [0.15, 0.2) is 0 Å². The van der Waals surface area contributed by atoms with E-state index in [1.54, 1.807) is 11.8 Å². The first kappa shape index (κ1) is 16.9. The van der Waals surface area contributed by atoms with Gasteiger partial charge in [-0.2, -0.15) is 4.31 Å². The fourth-order valence-corrected chi connectivity index (χ4v) is 3.53. The summed E-state index contributed by atoms with van der Waals surface area (Å²) in [6.45, 7) is 3.67. The molecule has 1 unspecified atom stereocenters. The number of morpholine rings is 1. The van der Waals surface area contributed by atoms with Crippen molar-refractivity contribution in [2.24, 2.45) is 0 Å². The van der Waals surface area contributed by atoms with Crippen LogP contribution in [-0.4, -0.2) is 62.6 Å². The Labute approximate surface area is 131 Å². The Bertz CT molecular complexity index is 597. The summed E-state index contributed by atoms with van der Waals surface area (Å²) < 4.78 is 30.7. The van der Waals surface area contributed by atoms with Crippen LogP contribution in [0.3, 0.4) is 0 Å². The van der Waals surface area contributed by atoms with Crippen molar-refractivity contribution in [3.05, 3.63) is 35.9 Å². The molecule has 0 radical (unpaired) electrons. The number of benzene rings is 1. The molecule has 0 aromatic heterocycles. The van der Waals surface area contributed by atoms with Crippen LogP contribution in [0.5, 0.6) is 0 Å². The van der Waals surface area contributed by atoms with Gasteiger partial charge in [-0.05, 0) is 12.5 Å². The lowest BCUT2D eigenvalue weighted by Crippen LogP contribution is -2.47. The summed E-state index contributed by atoms with van der Waals surface area (Å²) in [5, 5.41) is 0. The maximum Gasteiger partial charge on any atom is 0.238 e. The van der Waals surface area contributed by atoms with E-state index in [9.17, 15) is 13.2 Å². The van der Waals surface area contributed by atoms with Crippen LogP contribution in [-0.2, 0) is 19.6 Å². The number of amides is 1. The van der Waals surface area contributed by atoms with Gasteiger partial charge in [0.05, 0.1) is 26.0 Å². The van der Waals surface area contributed by atoms with Crippen molar-refractivity contribution in [1.29, 1.82) is 0 Å². The van der Waals surface area contributed by atoms with Crippen molar-refractivity contribution < 1.29 is 17.9 Å². The van der Waals surface area contributed by atoms with E-state index in [-0.39, 0.29) is 18.5 Å². The van der Waals surface area contributed by atoms with Crippen molar-refractivity contribution >= 4 is 15.9 Å². The monoisotopic (exact) mass is 326 g/mol. The molecule has 6 nitrogen and oxygen atoms in total. The van der Waals surface area contributed by atoms with E-state index < -0.39 is 10.0 Å². The molecule has 1 fully saturated rings. The van der Waals surface area contributed by atoms with Crippen molar-refractivity contribution in [3.8, 4) is 0 Å². The van der Waals surface area contributed by atoms with E-state index in [1.165, 1.54) is 4.31 Å². The Kier molecular flexibility index (Phi) is 5.55. The minimum Gasteiger partial charge on any atom is -0.378 e. The quantitative estimate of drug-likeness (QED) is 0.805. The maximum atomic E-state index is 12.4. The maximum absolute atomic E-state index is 12.4. The molecule has 22 heavy (non-hydrogen) atoms. The summed E-state index contributed by atoms with van der Waals surface area (Å²) in [7, 11) is -3.49. The number of rotatable bonds is 5. The van der Waals surface area contributed by atoms with Gasteiger partial charge in [-0.15, -0.1) is 0 Å². The Hall–Kier alpha value is -1.44. The molecular weight excluding hydrogens is 304 g/mol. The fourth-order valence-electron chi connectivity index (χ4n) is 2.49. The van der Waals surface area contributed by atoms with Gasteiger partial charge in [0.25, 0.3) is 0 Å². The Morgan fingerprint density at radius 3 is 2.41 bits per heavy atom. The average Bonchev–Trinajstić information content (AvgIpc) is 2.52. The number of hydrogen-bond donors (Lipinski definition) is 0. The third kappa shape index (κ3) is 4.28. The highest BCUT2D eigenvalue weighted by atomic mass is 32.2. The van der Waals surface area contributed by atoms with Gasteiger partial charge >= 0.3 is 0 Å². The van der Waals surface area contributed by atoms with E-state index in [0.29, 0.717) is 26.3 Å². The molecule has 2 rings (SSSR count). The van der Waals surface area contributed by atoms with Crippen molar-refractivity contribution in [2.75, 3.05) is 39.1 Å². The summed E-state index contributed by atoms with van der Waals surface area (Å²) in [5.74, 6) is -0.184. The average molecular weight is 326 g/mol. The van der Waals surface area contributed by atoms with Gasteiger partial charge in [0, 0.05) is 19.1 Å². The predicted molar refractivity (Wildman–Crippen MR) is 83.8 cm³/mol. The first-order valence-electron chi connectivity index (χ1n) is 7.27. The Morgan fingerprint density at radius 2 is 1.86 bits per heavy atom. The molecule has 1 aliphatic heterocycles. The second kappa shape index (κ2) is 7.21. The minimum absolute atomic E-state index is 0.144. The predicted octanol–water partition coefficient (Wildman–Crippen LogP) is 0.868. The van der Waals surface area contributed by atoms with E-state index in [0.717, 1.165) is 11.8 Å². The molecule has 1 heterocycles. The largest absolute Gasteiger partial charge is 0.378 e. The summed E-state index contributed by atoms with van der Waals surface area (Å²) in [6.07, 6.45) is 1.14. The van der Waals surface area contributed by atoms with Gasteiger partial charge in [0.2, 0.25) is 15.9 Å². The molecule has 1 atom stereocenters. The standard InChI is InChI=1S/C15H22N2O4S/c1-13(14-6-4-3-5-7-14)17(22(2,19)20)12-15(18)16-8-10-21-11-9-16/h3-7,13H,8-12H2,1-2H3. The summed E-state index contributed by atoms with van der Waals surface area (Å²) >= 11 is 0. The zero-order valence-electron chi connectivity index (χ0n) is 12.9. The fraction of sp³-hybridized carbons (Fsp3) is 0.533. The smallest absolute Gasteiger partial charge is 0.238 e. The van der Waals surface area contributed by atoms with Gasteiger partial charge in [0.1, 0.15) is 0 Å². The zero-order chi connectivity index (χ0) is 16.2. The molecule has 0 spiro atoms. The second-order valence-electron chi connectivity index (χ2n) is 5.39. The molecule has 0 aliphatic carbocycles. The molecule has 7 heteroatoms.